The number of aliphatic hydroxyl groups is 6. The minimum absolute atomic E-state index is 0.100. The van der Waals surface area contributed by atoms with Crippen LogP contribution in [0.5, 0.6) is 11.5 Å². The fraction of sp³-hybridized carbons (Fsp3) is 0.639. The molecule has 3 heterocycles. The van der Waals surface area contributed by atoms with Crippen molar-refractivity contribution in [2.75, 3.05) is 26.7 Å². The Morgan fingerprint density at radius 1 is 0.873 bits per heavy atom. The fourth-order valence-corrected chi connectivity index (χ4v) is 7.82. The van der Waals surface area contributed by atoms with Crippen LogP contribution in [0.25, 0.3) is 0 Å². The first-order valence-corrected chi connectivity index (χ1v) is 21.0. The Morgan fingerprint density at radius 3 is 2.11 bits per heavy atom. The molecule has 0 bridgehead atoms. The van der Waals surface area contributed by atoms with Gasteiger partial charge >= 0.3 is 10.4 Å². The number of carbonyl (C=O) groups excluding carboxylic acids is 7. The summed E-state index contributed by atoms with van der Waals surface area (Å²) in [6.07, 6.45) is -12.9. The lowest BCUT2D eigenvalue weighted by atomic mass is 9.98. The van der Waals surface area contributed by atoms with Crippen LogP contribution in [0, 0.1) is 5.92 Å². The molecular formula is C36H54N8O18S. The second-order valence-corrected chi connectivity index (χ2v) is 16.8. The molecule has 0 radical (unpaired) electrons. The number of aromatic hydroxyl groups is 1. The lowest BCUT2D eigenvalue weighted by Gasteiger charge is -2.34. The quantitative estimate of drug-likeness (QED) is 0.102. The summed E-state index contributed by atoms with van der Waals surface area (Å²) < 4.78 is 36.3. The molecule has 63 heavy (non-hydrogen) atoms. The maximum Gasteiger partial charge on any atom is 0.446 e. The Labute approximate surface area is 360 Å². The van der Waals surface area contributed by atoms with Gasteiger partial charge in [-0.05, 0) is 31.0 Å². The molecule has 1 aromatic carbocycles. The van der Waals surface area contributed by atoms with E-state index in [1.165, 1.54) is 14.0 Å². The molecule has 3 aliphatic rings. The first-order valence-electron chi connectivity index (χ1n) is 19.7. The van der Waals surface area contributed by atoms with Gasteiger partial charge in [-0.3, -0.25) is 38.1 Å². The summed E-state index contributed by atoms with van der Waals surface area (Å²) in [7, 11) is -3.99. The molecule has 0 saturated carbocycles. The monoisotopic (exact) mass is 918 g/mol. The van der Waals surface area contributed by atoms with Crippen LogP contribution >= 0.6 is 0 Å². The molecule has 3 saturated heterocycles. The van der Waals surface area contributed by atoms with Gasteiger partial charge in [0.2, 0.25) is 41.4 Å². The Kier molecular flexibility index (Phi) is 16.8. The zero-order valence-corrected chi connectivity index (χ0v) is 35.0. The molecule has 1 aromatic rings. The predicted octanol–water partition coefficient (Wildman–Crippen LogP) is -7.81. The van der Waals surface area contributed by atoms with Crippen molar-refractivity contribution in [2.24, 2.45) is 11.7 Å². The van der Waals surface area contributed by atoms with Crippen molar-refractivity contribution < 1.29 is 86.5 Å². The van der Waals surface area contributed by atoms with Gasteiger partial charge in [0.25, 0.3) is 0 Å². The number of benzene rings is 1. The van der Waals surface area contributed by atoms with Gasteiger partial charge in [0.05, 0.1) is 49.1 Å². The first-order chi connectivity index (χ1) is 29.3. The van der Waals surface area contributed by atoms with Crippen molar-refractivity contribution in [3.05, 3.63) is 23.8 Å². The Bertz CT molecular complexity index is 2010. The Morgan fingerprint density at radius 2 is 1.49 bits per heavy atom. The number of nitrogens with two attached hydrogens (primary N) is 1. The summed E-state index contributed by atoms with van der Waals surface area (Å²) in [5.41, 5.74) is 5.89. The molecule has 3 fully saturated rings. The number of β-amino-alcohol motifs (C(OH)–C–C–N with tert-alkyl or cyclic N) is 1. The van der Waals surface area contributed by atoms with Gasteiger partial charge in [-0.2, -0.15) is 8.42 Å². The van der Waals surface area contributed by atoms with Gasteiger partial charge < -0.3 is 82.0 Å². The number of amides is 7. The number of hydrogen-bond donors (Lipinski definition) is 14. The van der Waals surface area contributed by atoms with Crippen molar-refractivity contribution >= 4 is 51.7 Å². The lowest BCUT2D eigenvalue weighted by Crippen LogP contribution is -2.64. The highest BCUT2D eigenvalue weighted by Crippen LogP contribution is 2.30. The second-order valence-electron chi connectivity index (χ2n) is 15.8. The second kappa shape index (κ2) is 20.9. The number of carbonyl (C=O) groups is 7. The molecule has 0 aromatic heterocycles. The van der Waals surface area contributed by atoms with E-state index in [0.29, 0.717) is 0 Å². The number of rotatable bonds is 9. The number of phenols is 1. The summed E-state index contributed by atoms with van der Waals surface area (Å²) in [4.78, 5) is 97.5. The molecule has 26 nitrogen and oxygen atoms in total. The number of nitrogens with one attached hydrogen (secondary N) is 5. The smallest absolute Gasteiger partial charge is 0.446 e. The zero-order valence-electron chi connectivity index (χ0n) is 34.2. The third-order valence-corrected chi connectivity index (χ3v) is 11.2. The van der Waals surface area contributed by atoms with Crippen LogP contribution in [-0.2, 0) is 50.4 Å². The minimum Gasteiger partial charge on any atom is -0.504 e. The maximum absolute atomic E-state index is 14.4. The van der Waals surface area contributed by atoms with E-state index in [0.717, 1.165) is 34.9 Å². The van der Waals surface area contributed by atoms with E-state index in [4.69, 9.17) is 10.3 Å². The standard InChI is InChI=1S/C36H54N8O18S/c1-14-12-44-29(30(14)52)34(56)39-11-17(46)8-19(37)31(53)40-26(15(2)45)35(57)43-13-18(47)9-20(43)32(54)41-27(33(55)42-28(36(44)58)23(50)10-25(51)38-3)22(49)6-16-4-5-21(48)24(7-16)62-63(59,60)61/h4-5,7,14-15,17-20,22-23,26-30,45-50,52H,6,8-13,37H2,1-3H3,(H,38,51)(H,39,56)(H,40,53)(H,41,54)(H,42,55)(H,59,60,61)/t14-,15+,17+,18+,19?,20-,22+,23+,26?,27-,28-,29-,30-/m0/s1. The van der Waals surface area contributed by atoms with E-state index < -0.39 is 181 Å². The topological polar surface area (TPSA) is 417 Å². The average Bonchev–Trinajstić information content (AvgIpc) is 3.74. The summed E-state index contributed by atoms with van der Waals surface area (Å²) in [5.74, 6) is -10.4. The number of hydrogen-bond acceptors (Lipinski definition) is 18. The van der Waals surface area contributed by atoms with Crippen LogP contribution in [-0.4, -0.2) is 199 Å². The van der Waals surface area contributed by atoms with Gasteiger partial charge in [0, 0.05) is 45.4 Å². The van der Waals surface area contributed by atoms with Crippen molar-refractivity contribution in [1.82, 2.24) is 36.4 Å². The number of phenolic OH excluding ortho intramolecular Hbond substituents is 1. The van der Waals surface area contributed by atoms with Crippen LogP contribution in [0.15, 0.2) is 18.2 Å². The van der Waals surface area contributed by atoms with E-state index >= 15 is 0 Å². The maximum atomic E-state index is 14.4. The van der Waals surface area contributed by atoms with Crippen molar-refractivity contribution in [3.8, 4) is 11.5 Å². The Balaban J connectivity index is 1.84. The van der Waals surface area contributed by atoms with Crippen LogP contribution in [0.3, 0.4) is 0 Å². The number of aliphatic hydroxyl groups excluding tert-OH is 6. The largest absolute Gasteiger partial charge is 0.504 e. The van der Waals surface area contributed by atoms with Gasteiger partial charge in [-0.25, -0.2) is 0 Å². The van der Waals surface area contributed by atoms with Gasteiger partial charge in [-0.15, -0.1) is 0 Å². The SMILES string of the molecule is CNC(=O)C[C@@H](O)[C@@H]1NC(=O)[C@H]([C@H](O)Cc2ccc(O)c(OS(=O)(=O)O)c2)NC(=O)[C@@H]2C[C@@H](O)CN2C(=O)C([C@@H](C)O)NC(=O)C(N)C[C@@H](O)CNC(=O)[C@@H]2[C@@H](O)[C@@H](C)CN2C1=O. The fourth-order valence-electron chi connectivity index (χ4n) is 7.46. The van der Waals surface area contributed by atoms with Crippen LogP contribution < -0.4 is 36.5 Å². The molecule has 13 atom stereocenters. The minimum atomic E-state index is -5.19. The van der Waals surface area contributed by atoms with E-state index in [1.54, 1.807) is 0 Å². The third kappa shape index (κ3) is 12.7. The summed E-state index contributed by atoms with van der Waals surface area (Å²) in [6, 6.07) is -8.29. The average molecular weight is 919 g/mol. The first kappa shape index (κ1) is 50.4. The molecule has 27 heteroatoms. The van der Waals surface area contributed by atoms with Crippen molar-refractivity contribution in [1.29, 1.82) is 0 Å². The van der Waals surface area contributed by atoms with E-state index in [1.807, 2.05) is 0 Å². The normalized spacial score (nSPS) is 31.0. The molecular weight excluding hydrogens is 865 g/mol. The summed E-state index contributed by atoms with van der Waals surface area (Å²) in [6.45, 7) is 1.08. The van der Waals surface area contributed by atoms with E-state index in [-0.39, 0.29) is 12.1 Å². The summed E-state index contributed by atoms with van der Waals surface area (Å²) in [5, 5.41) is 87.3. The van der Waals surface area contributed by atoms with Crippen LogP contribution in [0.1, 0.15) is 38.7 Å². The number of fused-ring (bicyclic) bond motifs is 2. The van der Waals surface area contributed by atoms with Gasteiger partial charge in [0.1, 0.15) is 30.2 Å². The highest BCUT2D eigenvalue weighted by molar-refractivity contribution is 7.81. The van der Waals surface area contributed by atoms with E-state index in [9.17, 15) is 77.7 Å². The zero-order chi connectivity index (χ0) is 47.2. The predicted molar refractivity (Wildman–Crippen MR) is 211 cm³/mol. The molecule has 2 unspecified atom stereocenters. The van der Waals surface area contributed by atoms with Crippen molar-refractivity contribution in [2.45, 2.75) is 112 Å². The van der Waals surface area contributed by atoms with Crippen molar-refractivity contribution in [3.63, 3.8) is 0 Å². The lowest BCUT2D eigenvalue weighted by molar-refractivity contribution is -0.147. The molecule has 15 N–H and O–H groups in total. The van der Waals surface area contributed by atoms with Gasteiger partial charge in [0.15, 0.2) is 11.5 Å². The highest BCUT2D eigenvalue weighted by atomic mass is 32.3. The number of nitrogens with zero attached hydrogens (tertiary/aromatic N) is 2. The molecule has 4 rings (SSSR count). The van der Waals surface area contributed by atoms with E-state index in [2.05, 4.69) is 30.8 Å². The highest BCUT2D eigenvalue weighted by Gasteiger charge is 2.49. The molecule has 0 aliphatic carbocycles. The molecule has 7 amide bonds. The molecule has 3 aliphatic heterocycles. The summed E-state index contributed by atoms with van der Waals surface area (Å²) >= 11 is 0. The van der Waals surface area contributed by atoms with Crippen LogP contribution in [0.4, 0.5) is 0 Å². The molecule has 0 spiro atoms. The Hall–Kier alpha value is -5.26. The molecule has 352 valence electrons. The van der Waals surface area contributed by atoms with Crippen LogP contribution in [0.2, 0.25) is 0 Å². The third-order valence-electron chi connectivity index (χ3n) is 10.8. The van der Waals surface area contributed by atoms with Gasteiger partial charge in [-0.1, -0.05) is 13.0 Å².